The Bertz CT molecular complexity index is 865. The Kier molecular flexibility index (Phi) is 6.16. The maximum absolute atomic E-state index is 12.2. The number of nitrogens with one attached hydrogen (secondary N) is 1. The molecule has 0 atom stereocenters. The van der Waals surface area contributed by atoms with Gasteiger partial charge in [0.05, 0.1) is 17.3 Å². The molecule has 3 aromatic rings. The second-order valence-electron chi connectivity index (χ2n) is 6.07. The standard InChI is InChI=1S/C20H22N2O2S2/c1-13-6-7-14(2)19-18(13)22-20(26-19)21-17(23)5-4-12-25-16-10-8-15(24-3)9-11-16/h6-11H,4-5,12H2,1-3H3,(H,21,22,23). The van der Waals surface area contributed by atoms with Crippen molar-refractivity contribution in [2.45, 2.75) is 31.6 Å². The predicted molar refractivity (Wildman–Crippen MR) is 111 cm³/mol. The maximum Gasteiger partial charge on any atom is 0.226 e. The van der Waals surface area contributed by atoms with Gasteiger partial charge in [-0.15, -0.1) is 11.8 Å². The van der Waals surface area contributed by atoms with Crippen LogP contribution in [0.3, 0.4) is 0 Å². The number of methoxy groups -OCH3 is 1. The van der Waals surface area contributed by atoms with Crippen molar-refractivity contribution < 1.29 is 9.53 Å². The van der Waals surface area contributed by atoms with Crippen LogP contribution in [0.15, 0.2) is 41.3 Å². The number of aromatic nitrogens is 1. The van der Waals surface area contributed by atoms with E-state index in [0.717, 1.165) is 33.7 Å². The highest BCUT2D eigenvalue weighted by Crippen LogP contribution is 2.31. The van der Waals surface area contributed by atoms with E-state index in [0.29, 0.717) is 11.6 Å². The summed E-state index contributed by atoms with van der Waals surface area (Å²) in [4.78, 5) is 17.9. The van der Waals surface area contributed by atoms with E-state index in [9.17, 15) is 4.79 Å². The van der Waals surface area contributed by atoms with Crippen LogP contribution in [-0.2, 0) is 4.79 Å². The Balaban J connectivity index is 1.48. The summed E-state index contributed by atoms with van der Waals surface area (Å²) in [6.45, 7) is 4.12. The number of ether oxygens (including phenoxy) is 1. The molecular formula is C20H22N2O2S2. The molecule has 0 aliphatic heterocycles. The van der Waals surface area contributed by atoms with Gasteiger partial charge in [0.15, 0.2) is 5.13 Å². The summed E-state index contributed by atoms with van der Waals surface area (Å²) in [6.07, 6.45) is 1.32. The summed E-state index contributed by atoms with van der Waals surface area (Å²) in [6, 6.07) is 12.1. The molecule has 26 heavy (non-hydrogen) atoms. The lowest BCUT2D eigenvalue weighted by atomic mass is 10.1. The molecule has 1 aromatic heterocycles. The first-order valence-corrected chi connectivity index (χ1v) is 10.3. The smallest absolute Gasteiger partial charge is 0.226 e. The highest BCUT2D eigenvalue weighted by atomic mass is 32.2. The fourth-order valence-electron chi connectivity index (χ4n) is 2.59. The number of fused-ring (bicyclic) bond motifs is 1. The number of thiazole rings is 1. The van der Waals surface area contributed by atoms with Crippen LogP contribution in [0.1, 0.15) is 24.0 Å². The average molecular weight is 387 g/mol. The Hall–Kier alpha value is -2.05. The largest absolute Gasteiger partial charge is 0.497 e. The topological polar surface area (TPSA) is 51.2 Å². The summed E-state index contributed by atoms with van der Waals surface area (Å²) < 4.78 is 6.30. The molecule has 6 heteroatoms. The number of benzene rings is 2. The molecule has 0 saturated heterocycles. The van der Waals surface area contributed by atoms with E-state index in [1.807, 2.05) is 31.2 Å². The first-order valence-electron chi connectivity index (χ1n) is 8.50. The molecular weight excluding hydrogens is 364 g/mol. The highest BCUT2D eigenvalue weighted by Gasteiger charge is 2.11. The normalized spacial score (nSPS) is 10.9. The minimum atomic E-state index is 0.0229. The van der Waals surface area contributed by atoms with Gasteiger partial charge in [-0.3, -0.25) is 4.79 Å². The number of rotatable bonds is 7. The summed E-state index contributed by atoms with van der Waals surface area (Å²) in [5.74, 6) is 1.78. The molecule has 1 N–H and O–H groups in total. The van der Waals surface area contributed by atoms with Crippen molar-refractivity contribution in [2.75, 3.05) is 18.2 Å². The zero-order valence-corrected chi connectivity index (χ0v) is 16.8. The third-order valence-corrected chi connectivity index (χ3v) is 6.27. The molecule has 0 saturated carbocycles. The van der Waals surface area contributed by atoms with Gasteiger partial charge < -0.3 is 10.1 Å². The zero-order chi connectivity index (χ0) is 18.5. The molecule has 0 bridgehead atoms. The van der Waals surface area contributed by atoms with Gasteiger partial charge >= 0.3 is 0 Å². The number of carbonyl (C=O) groups is 1. The fourth-order valence-corrected chi connectivity index (χ4v) is 4.47. The minimum absolute atomic E-state index is 0.0229. The molecule has 0 radical (unpaired) electrons. The van der Waals surface area contributed by atoms with Gasteiger partial charge in [0, 0.05) is 11.3 Å². The van der Waals surface area contributed by atoms with E-state index in [2.05, 4.69) is 29.4 Å². The monoisotopic (exact) mass is 386 g/mol. The number of amides is 1. The lowest BCUT2D eigenvalue weighted by molar-refractivity contribution is -0.116. The first-order chi connectivity index (χ1) is 12.6. The molecule has 3 rings (SSSR count). The second kappa shape index (κ2) is 8.56. The van der Waals surface area contributed by atoms with Gasteiger partial charge in [-0.25, -0.2) is 4.98 Å². The van der Waals surface area contributed by atoms with Crippen LogP contribution in [0.2, 0.25) is 0 Å². The lowest BCUT2D eigenvalue weighted by Crippen LogP contribution is -2.11. The SMILES string of the molecule is COc1ccc(SCCCC(=O)Nc2nc3c(C)ccc(C)c3s2)cc1. The van der Waals surface area contributed by atoms with Crippen molar-refractivity contribution in [1.29, 1.82) is 0 Å². The fraction of sp³-hybridized carbons (Fsp3) is 0.300. The van der Waals surface area contributed by atoms with Crippen LogP contribution in [0.25, 0.3) is 10.2 Å². The van der Waals surface area contributed by atoms with E-state index >= 15 is 0 Å². The van der Waals surface area contributed by atoms with Gasteiger partial charge in [-0.05, 0) is 61.4 Å². The molecule has 0 spiro atoms. The first kappa shape index (κ1) is 18.7. The van der Waals surface area contributed by atoms with Crippen LogP contribution < -0.4 is 10.1 Å². The van der Waals surface area contributed by atoms with Crippen LogP contribution >= 0.6 is 23.1 Å². The van der Waals surface area contributed by atoms with Crippen molar-refractivity contribution >= 4 is 44.4 Å². The quantitative estimate of drug-likeness (QED) is 0.434. The molecule has 2 aromatic carbocycles. The number of thioether (sulfide) groups is 1. The van der Waals surface area contributed by atoms with Gasteiger partial charge in [-0.2, -0.15) is 0 Å². The molecule has 0 aliphatic carbocycles. The van der Waals surface area contributed by atoms with Crippen LogP contribution in [-0.4, -0.2) is 23.8 Å². The second-order valence-corrected chi connectivity index (χ2v) is 8.24. The average Bonchev–Trinajstić information content (AvgIpc) is 3.07. The minimum Gasteiger partial charge on any atom is -0.497 e. The summed E-state index contributed by atoms with van der Waals surface area (Å²) in [5.41, 5.74) is 3.32. The van der Waals surface area contributed by atoms with E-state index in [1.165, 1.54) is 10.5 Å². The molecule has 1 amide bonds. The number of aryl methyl sites for hydroxylation is 2. The van der Waals surface area contributed by atoms with E-state index < -0.39 is 0 Å². The van der Waals surface area contributed by atoms with Crippen LogP contribution in [0, 0.1) is 13.8 Å². The molecule has 0 aliphatic rings. The Morgan fingerprint density at radius 3 is 2.58 bits per heavy atom. The van der Waals surface area contributed by atoms with Gasteiger partial charge in [0.25, 0.3) is 0 Å². The van der Waals surface area contributed by atoms with E-state index in [-0.39, 0.29) is 5.91 Å². The lowest BCUT2D eigenvalue weighted by Gasteiger charge is -2.04. The third kappa shape index (κ3) is 4.56. The molecule has 0 fully saturated rings. The van der Waals surface area contributed by atoms with Crippen molar-refractivity contribution in [3.8, 4) is 5.75 Å². The highest BCUT2D eigenvalue weighted by molar-refractivity contribution is 7.99. The Morgan fingerprint density at radius 1 is 1.15 bits per heavy atom. The molecule has 4 nitrogen and oxygen atoms in total. The molecule has 136 valence electrons. The Labute approximate surface area is 162 Å². The molecule has 1 heterocycles. The van der Waals surface area contributed by atoms with Gasteiger partial charge in [-0.1, -0.05) is 23.5 Å². The van der Waals surface area contributed by atoms with Gasteiger partial charge in [0.2, 0.25) is 5.91 Å². The number of anilines is 1. The predicted octanol–water partition coefficient (Wildman–Crippen LogP) is 5.43. The number of nitrogens with zero attached hydrogens (tertiary/aromatic N) is 1. The number of hydrogen-bond donors (Lipinski definition) is 1. The van der Waals surface area contributed by atoms with Crippen LogP contribution in [0.4, 0.5) is 5.13 Å². The van der Waals surface area contributed by atoms with Gasteiger partial charge in [0.1, 0.15) is 5.75 Å². The summed E-state index contributed by atoms with van der Waals surface area (Å²) >= 11 is 3.29. The molecule has 0 unspecified atom stereocenters. The summed E-state index contributed by atoms with van der Waals surface area (Å²) in [5, 5.41) is 3.63. The van der Waals surface area contributed by atoms with Crippen molar-refractivity contribution in [1.82, 2.24) is 4.98 Å². The van der Waals surface area contributed by atoms with Crippen LogP contribution in [0.5, 0.6) is 5.75 Å². The van der Waals surface area contributed by atoms with E-state index in [4.69, 9.17) is 4.74 Å². The van der Waals surface area contributed by atoms with Crippen molar-refractivity contribution in [3.63, 3.8) is 0 Å². The van der Waals surface area contributed by atoms with Crippen molar-refractivity contribution in [3.05, 3.63) is 47.5 Å². The Morgan fingerprint density at radius 2 is 1.88 bits per heavy atom. The number of carbonyl (C=O) groups excluding carboxylic acids is 1. The number of hydrogen-bond acceptors (Lipinski definition) is 5. The van der Waals surface area contributed by atoms with Crippen molar-refractivity contribution in [2.24, 2.45) is 0 Å². The zero-order valence-electron chi connectivity index (χ0n) is 15.2. The van der Waals surface area contributed by atoms with E-state index in [1.54, 1.807) is 30.2 Å². The maximum atomic E-state index is 12.2. The summed E-state index contributed by atoms with van der Waals surface area (Å²) in [7, 11) is 1.66. The third-order valence-electron chi connectivity index (χ3n) is 4.06.